The average Bonchev–Trinajstić information content (AvgIpc) is 3.22. The van der Waals surface area contributed by atoms with Gasteiger partial charge in [0.15, 0.2) is 0 Å². The molecule has 0 aliphatic carbocycles. The minimum absolute atomic E-state index is 0.0981. The van der Waals surface area contributed by atoms with E-state index in [1.807, 2.05) is 27.8 Å². The standard InChI is InChI=1S/C19H25N5O/c1-14(2)24-16-4-5-17(24)12-22(9-7-16)19(25)15-3-6-18(21-11-15)23-10-8-20-13-23/h3,6,8,10-11,13-14,16-17H,4-5,7,9,12H2,1-2H3/t16-,17-/m0/s1. The van der Waals surface area contributed by atoms with Crippen molar-refractivity contribution in [3.05, 3.63) is 42.6 Å². The van der Waals surface area contributed by atoms with Crippen molar-refractivity contribution in [1.29, 1.82) is 0 Å². The number of nitrogens with zero attached hydrogens (tertiary/aromatic N) is 5. The van der Waals surface area contributed by atoms with Gasteiger partial charge in [-0.25, -0.2) is 9.97 Å². The Morgan fingerprint density at radius 2 is 2.04 bits per heavy atom. The Balaban J connectivity index is 1.49. The fraction of sp³-hybridized carbons (Fsp3) is 0.526. The van der Waals surface area contributed by atoms with Gasteiger partial charge in [-0.15, -0.1) is 0 Å². The molecule has 0 radical (unpaired) electrons. The third kappa shape index (κ3) is 3.06. The number of amides is 1. The van der Waals surface area contributed by atoms with Crippen molar-refractivity contribution in [2.45, 2.75) is 51.2 Å². The summed E-state index contributed by atoms with van der Waals surface area (Å²) in [6.07, 6.45) is 10.5. The highest BCUT2D eigenvalue weighted by Gasteiger charge is 2.39. The molecule has 4 rings (SSSR count). The third-order valence-corrected chi connectivity index (χ3v) is 5.49. The molecule has 2 bridgehead atoms. The summed E-state index contributed by atoms with van der Waals surface area (Å²) in [6, 6.07) is 5.41. The van der Waals surface area contributed by atoms with Crippen LogP contribution < -0.4 is 0 Å². The van der Waals surface area contributed by atoms with E-state index in [9.17, 15) is 4.79 Å². The van der Waals surface area contributed by atoms with Crippen LogP contribution in [0.3, 0.4) is 0 Å². The van der Waals surface area contributed by atoms with Gasteiger partial charge in [-0.1, -0.05) is 0 Å². The lowest BCUT2D eigenvalue weighted by Gasteiger charge is -2.32. The van der Waals surface area contributed by atoms with E-state index in [1.165, 1.54) is 12.8 Å². The maximum Gasteiger partial charge on any atom is 0.255 e. The number of imidazole rings is 1. The molecule has 0 unspecified atom stereocenters. The smallest absolute Gasteiger partial charge is 0.255 e. The van der Waals surface area contributed by atoms with Gasteiger partial charge in [0, 0.05) is 49.8 Å². The molecule has 2 saturated heterocycles. The van der Waals surface area contributed by atoms with Crippen LogP contribution in [0.15, 0.2) is 37.1 Å². The van der Waals surface area contributed by atoms with Crippen LogP contribution in [0, 0.1) is 0 Å². The van der Waals surface area contributed by atoms with E-state index in [2.05, 4.69) is 28.7 Å². The number of rotatable bonds is 3. The Kier molecular flexibility index (Phi) is 4.29. The number of carbonyl (C=O) groups is 1. The van der Waals surface area contributed by atoms with E-state index in [0.29, 0.717) is 23.7 Å². The van der Waals surface area contributed by atoms with Gasteiger partial charge in [0.05, 0.1) is 5.56 Å². The summed E-state index contributed by atoms with van der Waals surface area (Å²) in [6.45, 7) is 6.20. The van der Waals surface area contributed by atoms with Gasteiger partial charge in [-0.3, -0.25) is 14.3 Å². The average molecular weight is 339 g/mol. The molecule has 1 amide bonds. The predicted octanol–water partition coefficient (Wildman–Crippen LogP) is 2.35. The van der Waals surface area contributed by atoms with Crippen molar-refractivity contribution in [2.75, 3.05) is 13.1 Å². The maximum absolute atomic E-state index is 13.0. The molecule has 2 aromatic heterocycles. The molecule has 0 saturated carbocycles. The minimum Gasteiger partial charge on any atom is -0.337 e. The van der Waals surface area contributed by atoms with Crippen LogP contribution in [0.25, 0.3) is 5.82 Å². The van der Waals surface area contributed by atoms with E-state index in [0.717, 1.165) is 25.3 Å². The Morgan fingerprint density at radius 1 is 1.20 bits per heavy atom. The van der Waals surface area contributed by atoms with Crippen molar-refractivity contribution >= 4 is 5.91 Å². The molecule has 4 heterocycles. The van der Waals surface area contributed by atoms with Crippen molar-refractivity contribution in [3.63, 3.8) is 0 Å². The summed E-state index contributed by atoms with van der Waals surface area (Å²) in [5, 5.41) is 0. The zero-order valence-corrected chi connectivity index (χ0v) is 14.9. The van der Waals surface area contributed by atoms with Gasteiger partial charge < -0.3 is 4.90 Å². The Morgan fingerprint density at radius 3 is 2.72 bits per heavy atom. The summed E-state index contributed by atoms with van der Waals surface area (Å²) in [4.78, 5) is 26.0. The van der Waals surface area contributed by atoms with Crippen molar-refractivity contribution < 1.29 is 4.79 Å². The van der Waals surface area contributed by atoms with E-state index in [-0.39, 0.29) is 5.91 Å². The van der Waals surface area contributed by atoms with Crippen molar-refractivity contribution in [1.82, 2.24) is 24.3 Å². The molecule has 0 N–H and O–H groups in total. The van der Waals surface area contributed by atoms with Crippen LogP contribution in [0.5, 0.6) is 0 Å². The Labute approximate surface area is 148 Å². The van der Waals surface area contributed by atoms with Gasteiger partial charge in [0.1, 0.15) is 12.1 Å². The number of likely N-dealkylation sites (tertiary alicyclic amines) is 1. The lowest BCUT2D eigenvalue weighted by molar-refractivity contribution is 0.0728. The SMILES string of the molecule is CC(C)N1[C@H]2CC[C@H]1CN(C(=O)c1ccc(-n3ccnc3)nc1)CC2. The largest absolute Gasteiger partial charge is 0.337 e. The van der Waals surface area contributed by atoms with Gasteiger partial charge in [0.25, 0.3) is 5.91 Å². The molecule has 0 spiro atoms. The summed E-state index contributed by atoms with van der Waals surface area (Å²) in [5.74, 6) is 0.871. The van der Waals surface area contributed by atoms with Gasteiger partial charge in [0.2, 0.25) is 0 Å². The number of hydrogen-bond acceptors (Lipinski definition) is 4. The second-order valence-corrected chi connectivity index (χ2v) is 7.34. The molecule has 2 aliphatic rings. The minimum atomic E-state index is 0.0981. The molecule has 6 nitrogen and oxygen atoms in total. The van der Waals surface area contributed by atoms with E-state index < -0.39 is 0 Å². The monoisotopic (exact) mass is 339 g/mol. The topological polar surface area (TPSA) is 54.3 Å². The molecule has 25 heavy (non-hydrogen) atoms. The summed E-state index contributed by atoms with van der Waals surface area (Å²) < 4.78 is 1.83. The zero-order valence-electron chi connectivity index (χ0n) is 14.9. The van der Waals surface area contributed by atoms with Gasteiger partial charge in [-0.05, 0) is 45.2 Å². The molecule has 2 atom stereocenters. The van der Waals surface area contributed by atoms with E-state index >= 15 is 0 Å². The van der Waals surface area contributed by atoms with Crippen LogP contribution in [0.2, 0.25) is 0 Å². The van der Waals surface area contributed by atoms with Crippen molar-refractivity contribution in [2.24, 2.45) is 0 Å². The molecular formula is C19H25N5O. The summed E-state index contributed by atoms with van der Waals surface area (Å²) in [7, 11) is 0. The van der Waals surface area contributed by atoms with Gasteiger partial charge in [-0.2, -0.15) is 0 Å². The first-order chi connectivity index (χ1) is 12.1. The first-order valence-electron chi connectivity index (χ1n) is 9.14. The molecule has 6 heteroatoms. The second kappa shape index (κ2) is 6.59. The quantitative estimate of drug-likeness (QED) is 0.861. The fourth-order valence-corrected chi connectivity index (χ4v) is 4.38. The molecule has 0 aromatic carbocycles. The van der Waals surface area contributed by atoms with Crippen molar-refractivity contribution in [3.8, 4) is 5.82 Å². The highest BCUT2D eigenvalue weighted by atomic mass is 16.2. The third-order valence-electron chi connectivity index (χ3n) is 5.49. The number of fused-ring (bicyclic) bond motifs is 2. The number of aromatic nitrogens is 3. The van der Waals surface area contributed by atoms with Gasteiger partial charge >= 0.3 is 0 Å². The lowest BCUT2D eigenvalue weighted by Crippen LogP contribution is -2.44. The first kappa shape index (κ1) is 16.3. The molecular weight excluding hydrogens is 314 g/mol. The summed E-state index contributed by atoms with van der Waals surface area (Å²) in [5.41, 5.74) is 0.665. The van der Waals surface area contributed by atoms with Crippen LogP contribution in [-0.4, -0.2) is 61.5 Å². The van der Waals surface area contributed by atoms with Crippen LogP contribution in [-0.2, 0) is 0 Å². The Hall–Kier alpha value is -2.21. The summed E-state index contributed by atoms with van der Waals surface area (Å²) >= 11 is 0. The first-order valence-corrected chi connectivity index (χ1v) is 9.14. The number of hydrogen-bond donors (Lipinski definition) is 0. The Bertz CT molecular complexity index is 725. The fourth-order valence-electron chi connectivity index (χ4n) is 4.38. The second-order valence-electron chi connectivity index (χ2n) is 7.34. The van der Waals surface area contributed by atoms with Crippen LogP contribution >= 0.6 is 0 Å². The normalized spacial score (nSPS) is 23.9. The lowest BCUT2D eigenvalue weighted by atomic mass is 10.1. The van der Waals surface area contributed by atoms with Crippen LogP contribution in [0.4, 0.5) is 0 Å². The number of pyridine rings is 1. The predicted molar refractivity (Wildman–Crippen MR) is 95.7 cm³/mol. The molecule has 2 fully saturated rings. The van der Waals surface area contributed by atoms with E-state index in [4.69, 9.17) is 0 Å². The highest BCUT2D eigenvalue weighted by molar-refractivity contribution is 5.94. The zero-order chi connectivity index (χ0) is 17.4. The highest BCUT2D eigenvalue weighted by Crippen LogP contribution is 2.32. The molecule has 2 aliphatic heterocycles. The molecule has 2 aromatic rings. The van der Waals surface area contributed by atoms with E-state index in [1.54, 1.807) is 18.7 Å². The molecule has 132 valence electrons. The maximum atomic E-state index is 13.0. The van der Waals surface area contributed by atoms with Crippen LogP contribution in [0.1, 0.15) is 43.5 Å². The number of carbonyl (C=O) groups excluding carboxylic acids is 1.